The number of cyclic esters (lactones) is 1. The summed E-state index contributed by atoms with van der Waals surface area (Å²) in [7, 11) is 0. The van der Waals surface area contributed by atoms with Gasteiger partial charge in [-0.25, -0.2) is 14.4 Å². The summed E-state index contributed by atoms with van der Waals surface area (Å²) in [4.78, 5) is 193. The molecule has 37 nitrogen and oxygen atoms in total. The fourth-order valence-electron chi connectivity index (χ4n) is 9.52. The highest BCUT2D eigenvalue weighted by molar-refractivity contribution is 6.00. The second kappa shape index (κ2) is 50.2. The first-order valence-electron chi connectivity index (χ1n) is 34.7. The van der Waals surface area contributed by atoms with Crippen molar-refractivity contribution in [2.24, 2.45) is 51.8 Å². The number of carbonyl (C=O) groups is 14. The Morgan fingerprint density at radius 2 is 1.10 bits per heavy atom. The van der Waals surface area contributed by atoms with E-state index in [2.05, 4.69) is 58.2 Å². The van der Waals surface area contributed by atoms with Gasteiger partial charge in [0.25, 0.3) is 5.91 Å². The third-order valence-electron chi connectivity index (χ3n) is 15.3. The minimum Gasteiger partial charge on any atom is -0.475 e. The summed E-state index contributed by atoms with van der Waals surface area (Å²) < 4.78 is 69.4. The lowest BCUT2D eigenvalue weighted by Gasteiger charge is -2.34. The molecule has 0 aliphatic carbocycles. The smallest absolute Gasteiger partial charge is 0.475 e. The average molecular weight is 1580 g/mol. The summed E-state index contributed by atoms with van der Waals surface area (Å²) >= 11 is 0. The van der Waals surface area contributed by atoms with Crippen LogP contribution in [0.5, 0.6) is 0 Å². The van der Waals surface area contributed by atoms with Crippen molar-refractivity contribution in [3.8, 4) is 0 Å². The van der Waals surface area contributed by atoms with Gasteiger partial charge in [-0.2, -0.15) is 26.3 Å². The number of esters is 1. The van der Waals surface area contributed by atoms with Gasteiger partial charge in [0.1, 0.15) is 48.3 Å². The molecule has 2 rings (SSSR count). The molecular formula is C66H109F6N15O22. The maximum Gasteiger partial charge on any atom is 0.490 e. The number of aliphatic hydroxyl groups excluding tert-OH is 5. The van der Waals surface area contributed by atoms with Gasteiger partial charge in [0.2, 0.25) is 59.1 Å². The molecule has 1 aromatic carbocycles. The van der Waals surface area contributed by atoms with Crippen LogP contribution >= 0.6 is 0 Å². The second-order valence-corrected chi connectivity index (χ2v) is 26.3. The highest BCUT2D eigenvalue weighted by atomic mass is 19.4. The Morgan fingerprint density at radius 3 is 1.57 bits per heavy atom. The minimum atomic E-state index is -5.08. The van der Waals surface area contributed by atoms with Gasteiger partial charge in [0, 0.05) is 13.1 Å². The Labute approximate surface area is 625 Å². The highest BCUT2D eigenvalue weighted by Crippen LogP contribution is 2.25. The lowest BCUT2D eigenvalue weighted by atomic mass is 9.95. The SMILES string of the molecule is CC.CC[C@H](C)[C@@H]1NC(=O)[C@@H](CCCN=C(N)N)NC(=O)[C@H](CC(C)C)NC(=O)[C@H]([C@H](O)C(C)C)NC(=O)[C@@H](NC(=O)[C@H](CC(C)C)NC(=O)[C@H](N)CC(C)C)[C@@H](c2ccccc2)OC(=O)[C@H](CO)NC(=O)[C@H]([C@H](O)C(=O)NCCO)NC(=O)CNC(=O)[C@H]([C@H](C)O)NC1=O.O=C(O)C(F)(F)F.O=C(O)C(F)(F)F. The fraction of sp³-hybridized carbons (Fsp3) is 0.682. The number of alkyl halides is 6. The first-order chi connectivity index (χ1) is 50.5. The number of carboxylic acids is 2. The van der Waals surface area contributed by atoms with E-state index in [9.17, 15) is 105 Å². The Balaban J connectivity index is 0. The molecule has 0 saturated carbocycles. The molecule has 1 saturated heterocycles. The van der Waals surface area contributed by atoms with Crippen LogP contribution in [-0.2, 0) is 71.9 Å². The summed E-state index contributed by atoms with van der Waals surface area (Å²) in [6.07, 6.45) is -18.3. The molecule has 43 heteroatoms. The van der Waals surface area contributed by atoms with Crippen LogP contribution in [0.15, 0.2) is 35.3 Å². The molecule has 1 aliphatic heterocycles. The molecule has 11 amide bonds. The number of rotatable bonds is 25. The van der Waals surface area contributed by atoms with Gasteiger partial charge in [-0.1, -0.05) is 120 Å². The lowest BCUT2D eigenvalue weighted by molar-refractivity contribution is -0.193. The normalized spacial score (nSPS) is 22.2. The summed E-state index contributed by atoms with van der Waals surface area (Å²) in [5.41, 5.74) is 17.3. The standard InChI is InChI=1S/C60H101N15O18.2C2HF3O2.C2H6/c1-12-32(10)41-54(87)73-42(33(11)78)53(86)66-26-40(79)71-44(47(81)58(91)64-21-22-76)56(89)70-39(27-77)59(92)93-48(34-17-14-13-15-18-34)45(75-52(85)38(25-30(6)7)68-49(82)35(61)23-28(2)3)57(90)74-43(46(80)31(8)9)55(88)69-37(24-29(4)5)51(84)67-36(50(83)72-41)19-16-20-65-60(62)63;2*3-2(4,5)1(6)7;1-2/h13-15,17-18,28-33,35-39,41-48,76-78,80-81H,12,16,19-27,61H2,1-11H3,(H,64,91)(H,66,86)(H,67,84)(H,68,82)(H,69,88)(H,70,89)(H,71,79)(H,72,83)(H,73,87)(H,74,90)(H,75,85)(H4,62,63,65);2*(H,6,7);1-2H3/t32-,33-,35+,36+,37-,38-,39-,41-,42-,43-,44-,45-,46+,47-,48+;;;/m0.../s1. The van der Waals surface area contributed by atoms with E-state index in [0.29, 0.717) is 0 Å². The molecule has 15 atom stereocenters. The molecule has 24 N–H and O–H groups in total. The maximum atomic E-state index is 15.4. The highest BCUT2D eigenvalue weighted by Gasteiger charge is 2.45. The molecule has 0 spiro atoms. The van der Waals surface area contributed by atoms with Gasteiger partial charge < -0.3 is 116 Å². The van der Waals surface area contributed by atoms with Crippen molar-refractivity contribution in [1.82, 2.24) is 58.5 Å². The Hall–Kier alpha value is -9.59. The third kappa shape index (κ3) is 38.4. The maximum absolute atomic E-state index is 15.4. The number of aliphatic hydroxyl groups is 5. The number of nitrogens with two attached hydrogens (primary N) is 3. The van der Waals surface area contributed by atoms with Crippen molar-refractivity contribution in [1.29, 1.82) is 0 Å². The first kappa shape index (κ1) is 101. The average Bonchev–Trinajstić information content (AvgIpc) is 0.806. The van der Waals surface area contributed by atoms with Gasteiger partial charge in [-0.05, 0) is 74.2 Å². The number of aliphatic imine (C=N–C) groups is 1. The number of benzene rings is 1. The molecule has 1 aromatic rings. The largest absolute Gasteiger partial charge is 0.490 e. The third-order valence-corrected chi connectivity index (χ3v) is 15.3. The molecular weight excluding hydrogens is 1470 g/mol. The van der Waals surface area contributed by atoms with Crippen molar-refractivity contribution >= 4 is 88.8 Å². The number of ether oxygens (including phenoxy) is 1. The van der Waals surface area contributed by atoms with Crippen LogP contribution < -0.4 is 75.7 Å². The molecule has 1 aliphatic rings. The van der Waals surface area contributed by atoms with Crippen molar-refractivity contribution < 1.29 is 134 Å². The van der Waals surface area contributed by atoms with E-state index >= 15 is 4.79 Å². The van der Waals surface area contributed by atoms with Gasteiger partial charge in [-0.3, -0.25) is 57.7 Å². The van der Waals surface area contributed by atoms with Gasteiger partial charge in [-0.15, -0.1) is 0 Å². The van der Waals surface area contributed by atoms with Crippen LogP contribution in [0.25, 0.3) is 0 Å². The number of halogens is 6. The first-order valence-corrected chi connectivity index (χ1v) is 34.7. The number of hydrogen-bond acceptors (Lipinski definition) is 22. The van der Waals surface area contributed by atoms with Crippen LogP contribution in [0, 0.1) is 29.6 Å². The van der Waals surface area contributed by atoms with Gasteiger partial charge in [0.15, 0.2) is 24.2 Å². The quantitative estimate of drug-likeness (QED) is 0.0148. The predicted octanol–water partition coefficient (Wildman–Crippen LogP) is -3.52. The van der Waals surface area contributed by atoms with Crippen LogP contribution in [0.2, 0.25) is 0 Å². The van der Waals surface area contributed by atoms with E-state index in [-0.39, 0.29) is 74.3 Å². The lowest BCUT2D eigenvalue weighted by Crippen LogP contribution is -2.64. The second-order valence-electron chi connectivity index (χ2n) is 26.3. The van der Waals surface area contributed by atoms with Crippen LogP contribution in [0.1, 0.15) is 140 Å². The van der Waals surface area contributed by atoms with E-state index in [1.54, 1.807) is 41.5 Å². The Morgan fingerprint density at radius 1 is 0.615 bits per heavy atom. The molecule has 622 valence electrons. The molecule has 0 bridgehead atoms. The monoisotopic (exact) mass is 1580 g/mol. The van der Waals surface area contributed by atoms with Gasteiger partial charge in [0.05, 0.1) is 38.0 Å². The number of nitrogens with zero attached hydrogens (tertiary/aromatic N) is 1. The van der Waals surface area contributed by atoms with E-state index in [4.69, 9.17) is 41.7 Å². The molecule has 0 radical (unpaired) electrons. The van der Waals surface area contributed by atoms with Crippen molar-refractivity contribution in [3.05, 3.63) is 35.9 Å². The zero-order valence-electron chi connectivity index (χ0n) is 62.8. The fourth-order valence-corrected chi connectivity index (χ4v) is 9.52. The number of hydrogen-bond donors (Lipinski definition) is 21. The number of amides is 11. The molecule has 1 heterocycles. The van der Waals surface area contributed by atoms with Crippen molar-refractivity contribution in [3.63, 3.8) is 0 Å². The molecule has 0 aromatic heterocycles. The number of carbonyl (C=O) groups excluding carboxylic acids is 12. The summed E-state index contributed by atoms with van der Waals surface area (Å²) in [6, 6.07) is -10.9. The van der Waals surface area contributed by atoms with Crippen LogP contribution in [0.3, 0.4) is 0 Å². The molecule has 0 unspecified atom stereocenters. The molecule has 109 heavy (non-hydrogen) atoms. The summed E-state index contributed by atoms with van der Waals surface area (Å²) in [6.45, 7) is 18.2. The van der Waals surface area contributed by atoms with E-state index in [1.807, 2.05) is 33.0 Å². The van der Waals surface area contributed by atoms with Crippen molar-refractivity contribution in [2.45, 2.75) is 226 Å². The number of carboxylic acid groups (broad SMARTS) is 2. The zero-order chi connectivity index (χ0) is 84.7. The van der Waals surface area contributed by atoms with Gasteiger partial charge >= 0.3 is 30.3 Å². The zero-order valence-corrected chi connectivity index (χ0v) is 62.8. The number of guanidine groups is 1. The minimum absolute atomic E-state index is 0.0411. The topological polar surface area (TPSA) is 613 Å². The molecule has 1 fully saturated rings. The van der Waals surface area contributed by atoms with E-state index < -0.39 is 218 Å². The van der Waals surface area contributed by atoms with E-state index in [1.165, 1.54) is 44.2 Å². The Bertz CT molecular complexity index is 3130. The van der Waals surface area contributed by atoms with Crippen LogP contribution in [0.4, 0.5) is 26.3 Å². The van der Waals surface area contributed by atoms with E-state index in [0.717, 1.165) is 6.92 Å². The number of aliphatic carboxylic acids is 2. The number of nitrogens with one attached hydrogen (secondary N) is 11. The predicted molar refractivity (Wildman–Crippen MR) is 376 cm³/mol. The summed E-state index contributed by atoms with van der Waals surface area (Å²) in [5, 5.41) is 94.5. The summed E-state index contributed by atoms with van der Waals surface area (Å²) in [5.74, 6) is -22.6. The van der Waals surface area contributed by atoms with Crippen LogP contribution in [-0.4, -0.2) is 249 Å². The van der Waals surface area contributed by atoms with Crippen molar-refractivity contribution in [2.75, 3.05) is 32.8 Å². The Kier molecular flexibility index (Phi) is 46.7.